The van der Waals surface area contributed by atoms with Gasteiger partial charge in [0.15, 0.2) is 6.10 Å². The highest BCUT2D eigenvalue weighted by atomic mass is 31.2. The highest BCUT2D eigenvalue weighted by molar-refractivity contribution is 7.47. The third kappa shape index (κ3) is 39.9. The number of esters is 3. The monoisotopic (exact) mass is 849 g/mol. The predicted octanol–water partition coefficient (Wildman–Crippen LogP) is 12.8. The minimum atomic E-state index is -4.72. The number of unbranched alkanes of at least 4 members (excludes halogenated alkanes) is 28. The van der Waals surface area contributed by atoms with Gasteiger partial charge in [0, 0.05) is 19.3 Å². The molecular formula is C46H89O11P. The van der Waals surface area contributed by atoms with E-state index in [0.29, 0.717) is 19.3 Å². The number of hydrogen-bond acceptors (Lipinski definition) is 10. The maximum absolute atomic E-state index is 12.8. The van der Waals surface area contributed by atoms with Gasteiger partial charge in [-0.15, -0.1) is 0 Å². The summed E-state index contributed by atoms with van der Waals surface area (Å²) in [5.41, 5.74) is 0. The molecule has 0 bridgehead atoms. The van der Waals surface area contributed by atoms with Crippen LogP contribution in [0.25, 0.3) is 0 Å². The number of aliphatic hydroxyl groups excluding tert-OH is 1. The standard InChI is InChI=1S/C46H89O11P/c1-4-7-10-13-16-19-21-24-27-30-33-36-45(49)56-42(38-47)40-54-58(51,52)55-41-43(39-53-44(48)35-32-29-26-23-18-15-12-9-6-3)57-46(50)37-34-31-28-25-22-20-17-14-11-8-5-2/h42-43,47H,4-41H2,1-3H3,(H,51,52). The second-order valence-corrected chi connectivity index (χ2v) is 17.8. The molecule has 0 aromatic carbocycles. The summed E-state index contributed by atoms with van der Waals surface area (Å²) in [7, 11) is -4.72. The Morgan fingerprint density at radius 3 is 1.02 bits per heavy atom. The SMILES string of the molecule is CCCCCCCCCCCCCC(=O)OC(CO)COP(=O)(O)OCC(COC(=O)CCCCCCCCCCC)OC(=O)CCCCCCCCCCCCC. The molecule has 0 aliphatic rings. The van der Waals surface area contributed by atoms with Crippen molar-refractivity contribution in [2.24, 2.45) is 0 Å². The summed E-state index contributed by atoms with van der Waals surface area (Å²) in [5.74, 6) is -1.45. The number of phosphoric acid groups is 1. The fourth-order valence-electron chi connectivity index (χ4n) is 6.83. The molecule has 0 aliphatic carbocycles. The lowest BCUT2D eigenvalue weighted by Crippen LogP contribution is -2.30. The van der Waals surface area contributed by atoms with E-state index in [9.17, 15) is 28.9 Å². The van der Waals surface area contributed by atoms with Gasteiger partial charge in [0.25, 0.3) is 0 Å². The van der Waals surface area contributed by atoms with Crippen molar-refractivity contribution in [1.82, 2.24) is 0 Å². The molecule has 12 heteroatoms. The molecule has 3 atom stereocenters. The molecule has 0 spiro atoms. The van der Waals surface area contributed by atoms with E-state index in [0.717, 1.165) is 57.8 Å². The highest BCUT2D eigenvalue weighted by Crippen LogP contribution is 2.43. The Bertz CT molecular complexity index is 995. The normalized spacial score (nSPS) is 13.5. The summed E-state index contributed by atoms with van der Waals surface area (Å²) in [6.45, 7) is 4.61. The van der Waals surface area contributed by atoms with E-state index in [1.807, 2.05) is 0 Å². The summed E-state index contributed by atoms with van der Waals surface area (Å²) in [4.78, 5) is 48.0. The van der Waals surface area contributed by atoms with E-state index in [4.69, 9.17) is 23.3 Å². The molecule has 3 unspecified atom stereocenters. The minimum absolute atomic E-state index is 0.177. The number of ether oxygens (including phenoxy) is 3. The first-order chi connectivity index (χ1) is 28.2. The molecule has 58 heavy (non-hydrogen) atoms. The van der Waals surface area contributed by atoms with Gasteiger partial charge in [-0.25, -0.2) is 4.57 Å². The van der Waals surface area contributed by atoms with Crippen LogP contribution in [0.1, 0.15) is 239 Å². The predicted molar refractivity (Wildman–Crippen MR) is 234 cm³/mol. The van der Waals surface area contributed by atoms with E-state index < -0.39 is 57.8 Å². The van der Waals surface area contributed by atoms with Crippen LogP contribution in [0.4, 0.5) is 0 Å². The molecule has 0 saturated carbocycles. The first-order valence-corrected chi connectivity index (χ1v) is 25.4. The molecule has 0 aliphatic heterocycles. The van der Waals surface area contributed by atoms with Crippen LogP contribution < -0.4 is 0 Å². The number of phosphoric ester groups is 1. The summed E-state index contributed by atoms with van der Waals surface area (Å²) >= 11 is 0. The van der Waals surface area contributed by atoms with Crippen molar-refractivity contribution in [2.45, 2.75) is 251 Å². The number of hydrogen-bond donors (Lipinski definition) is 2. The molecule has 0 heterocycles. The van der Waals surface area contributed by atoms with Crippen LogP contribution in [0, 0.1) is 0 Å². The Hall–Kier alpha value is -1.52. The van der Waals surface area contributed by atoms with Crippen molar-refractivity contribution in [3.8, 4) is 0 Å². The number of carbonyl (C=O) groups is 3. The largest absolute Gasteiger partial charge is 0.472 e. The first-order valence-electron chi connectivity index (χ1n) is 23.9. The zero-order valence-corrected chi connectivity index (χ0v) is 38.4. The molecule has 2 N–H and O–H groups in total. The molecule has 0 fully saturated rings. The first kappa shape index (κ1) is 56.5. The Balaban J connectivity index is 4.69. The molecule has 0 saturated heterocycles. The van der Waals surface area contributed by atoms with E-state index in [-0.39, 0.29) is 25.9 Å². The van der Waals surface area contributed by atoms with E-state index in [2.05, 4.69) is 20.8 Å². The van der Waals surface area contributed by atoms with Gasteiger partial charge < -0.3 is 24.2 Å². The van der Waals surface area contributed by atoms with Gasteiger partial charge >= 0.3 is 25.7 Å². The van der Waals surface area contributed by atoms with Crippen molar-refractivity contribution in [3.05, 3.63) is 0 Å². The second kappa shape index (κ2) is 42.2. The molecule has 0 aromatic heterocycles. The molecule has 344 valence electrons. The zero-order chi connectivity index (χ0) is 42.8. The van der Waals surface area contributed by atoms with Crippen LogP contribution in [-0.2, 0) is 42.2 Å². The van der Waals surface area contributed by atoms with Crippen LogP contribution in [0.3, 0.4) is 0 Å². The minimum Gasteiger partial charge on any atom is -0.462 e. The van der Waals surface area contributed by atoms with Crippen LogP contribution in [0.2, 0.25) is 0 Å². The highest BCUT2D eigenvalue weighted by Gasteiger charge is 2.28. The Morgan fingerprint density at radius 2 is 0.690 bits per heavy atom. The lowest BCUT2D eigenvalue weighted by molar-refractivity contribution is -0.161. The fourth-order valence-corrected chi connectivity index (χ4v) is 7.61. The quantitative estimate of drug-likeness (QED) is 0.0260. The van der Waals surface area contributed by atoms with E-state index in [1.54, 1.807) is 0 Å². The molecule has 0 aromatic rings. The molecule has 11 nitrogen and oxygen atoms in total. The zero-order valence-electron chi connectivity index (χ0n) is 37.5. The Labute approximate surface area is 354 Å². The fraction of sp³-hybridized carbons (Fsp3) is 0.935. The van der Waals surface area contributed by atoms with Gasteiger partial charge in [-0.3, -0.25) is 23.4 Å². The maximum Gasteiger partial charge on any atom is 0.472 e. The third-order valence-corrected chi connectivity index (χ3v) is 11.5. The Kier molecular flexibility index (Phi) is 41.1. The smallest absolute Gasteiger partial charge is 0.462 e. The van der Waals surface area contributed by atoms with E-state index >= 15 is 0 Å². The van der Waals surface area contributed by atoms with Gasteiger partial charge in [0.05, 0.1) is 19.8 Å². The van der Waals surface area contributed by atoms with Crippen LogP contribution in [0.5, 0.6) is 0 Å². The van der Waals surface area contributed by atoms with Crippen molar-refractivity contribution in [2.75, 3.05) is 26.4 Å². The van der Waals surface area contributed by atoms with Crippen molar-refractivity contribution in [1.29, 1.82) is 0 Å². The summed E-state index contributed by atoms with van der Waals surface area (Å²) in [6, 6.07) is 0. The van der Waals surface area contributed by atoms with Crippen LogP contribution >= 0.6 is 7.82 Å². The van der Waals surface area contributed by atoms with Crippen molar-refractivity contribution in [3.63, 3.8) is 0 Å². The van der Waals surface area contributed by atoms with Crippen molar-refractivity contribution < 1.29 is 52.2 Å². The van der Waals surface area contributed by atoms with Crippen LogP contribution in [0.15, 0.2) is 0 Å². The molecular weight excluding hydrogens is 759 g/mol. The van der Waals surface area contributed by atoms with Gasteiger partial charge in [-0.1, -0.05) is 201 Å². The van der Waals surface area contributed by atoms with Gasteiger partial charge in [0.1, 0.15) is 12.7 Å². The van der Waals surface area contributed by atoms with Crippen molar-refractivity contribution >= 4 is 25.7 Å². The number of rotatable bonds is 45. The van der Waals surface area contributed by atoms with Gasteiger partial charge in [0.2, 0.25) is 0 Å². The molecule has 0 amide bonds. The second-order valence-electron chi connectivity index (χ2n) is 16.3. The summed E-state index contributed by atoms with van der Waals surface area (Å²) < 4.78 is 39.1. The van der Waals surface area contributed by atoms with Gasteiger partial charge in [-0.05, 0) is 19.3 Å². The summed E-state index contributed by atoms with van der Waals surface area (Å²) in [6.07, 6.45) is 33.7. The lowest BCUT2D eigenvalue weighted by Gasteiger charge is -2.21. The lowest BCUT2D eigenvalue weighted by atomic mass is 10.1. The molecule has 0 rings (SSSR count). The molecule has 0 radical (unpaired) electrons. The average Bonchev–Trinajstić information content (AvgIpc) is 3.20. The average molecular weight is 849 g/mol. The third-order valence-electron chi connectivity index (χ3n) is 10.5. The van der Waals surface area contributed by atoms with Crippen LogP contribution in [-0.4, -0.2) is 66.5 Å². The maximum atomic E-state index is 12.8. The Morgan fingerprint density at radius 1 is 0.414 bits per heavy atom. The van der Waals surface area contributed by atoms with E-state index in [1.165, 1.54) is 122 Å². The summed E-state index contributed by atoms with van der Waals surface area (Å²) in [5, 5.41) is 9.72. The van der Waals surface area contributed by atoms with Gasteiger partial charge in [-0.2, -0.15) is 0 Å². The number of carbonyl (C=O) groups excluding carboxylic acids is 3. The number of aliphatic hydroxyl groups is 1. The topological polar surface area (TPSA) is 155 Å².